The molecule has 2 fully saturated rings. The van der Waals surface area contributed by atoms with Gasteiger partial charge in [-0.2, -0.15) is 0 Å². The summed E-state index contributed by atoms with van der Waals surface area (Å²) in [5.41, 5.74) is 2.10. The Hall–Kier alpha value is -3.17. The Kier molecular flexibility index (Phi) is 5.82. The van der Waals surface area contributed by atoms with Crippen LogP contribution < -0.4 is 4.90 Å². The quantitative estimate of drug-likeness (QED) is 0.410. The maximum atomic E-state index is 12.9. The number of hydrogen-bond acceptors (Lipinski definition) is 7. The van der Waals surface area contributed by atoms with Crippen molar-refractivity contribution in [3.05, 3.63) is 74.7 Å². The number of ether oxygens (including phenoxy) is 1. The van der Waals surface area contributed by atoms with Gasteiger partial charge in [-0.05, 0) is 29.5 Å². The van der Waals surface area contributed by atoms with E-state index in [9.17, 15) is 19.7 Å². The van der Waals surface area contributed by atoms with Crippen molar-refractivity contribution in [2.24, 2.45) is 0 Å². The van der Waals surface area contributed by atoms with Gasteiger partial charge in [-0.3, -0.25) is 24.6 Å². The van der Waals surface area contributed by atoms with E-state index >= 15 is 0 Å². The summed E-state index contributed by atoms with van der Waals surface area (Å²) in [6, 6.07) is 13.8. The summed E-state index contributed by atoms with van der Waals surface area (Å²) in [4.78, 5) is 39.6. The predicted octanol–water partition coefficient (Wildman–Crippen LogP) is 3.67. The number of thioether (sulfide) groups is 1. The van der Waals surface area contributed by atoms with Gasteiger partial charge in [0.2, 0.25) is 0 Å². The average Bonchev–Trinajstić information content (AvgIpc) is 3.02. The topological polar surface area (TPSA) is 93.0 Å². The molecule has 0 saturated carbocycles. The average molecular weight is 425 g/mol. The Labute approximate surface area is 177 Å². The number of nitro groups is 1. The third-order valence-corrected chi connectivity index (χ3v) is 5.82. The number of imide groups is 1. The first-order chi connectivity index (χ1) is 14.5. The van der Waals surface area contributed by atoms with Crippen LogP contribution in [0.4, 0.5) is 16.2 Å². The highest BCUT2D eigenvalue weighted by Crippen LogP contribution is 2.36. The van der Waals surface area contributed by atoms with Crippen LogP contribution in [0.3, 0.4) is 0 Å². The van der Waals surface area contributed by atoms with Crippen LogP contribution in [-0.4, -0.2) is 47.3 Å². The minimum Gasteiger partial charge on any atom is -0.378 e. The molecule has 30 heavy (non-hydrogen) atoms. The summed E-state index contributed by atoms with van der Waals surface area (Å²) < 4.78 is 5.38. The zero-order chi connectivity index (χ0) is 21.1. The molecular weight excluding hydrogens is 406 g/mol. The predicted molar refractivity (Wildman–Crippen MR) is 114 cm³/mol. The molecule has 0 spiro atoms. The fourth-order valence-corrected chi connectivity index (χ4v) is 4.24. The van der Waals surface area contributed by atoms with Gasteiger partial charge < -0.3 is 9.64 Å². The van der Waals surface area contributed by atoms with Crippen molar-refractivity contribution >= 4 is 40.4 Å². The Balaban J connectivity index is 1.66. The lowest BCUT2D eigenvalue weighted by Crippen LogP contribution is -2.36. The van der Waals surface area contributed by atoms with Gasteiger partial charge in [0.1, 0.15) is 0 Å². The molecule has 2 aliphatic rings. The van der Waals surface area contributed by atoms with Crippen LogP contribution in [-0.2, 0) is 16.1 Å². The van der Waals surface area contributed by atoms with Crippen LogP contribution in [0.2, 0.25) is 0 Å². The molecular formula is C21H19N3O5S. The van der Waals surface area contributed by atoms with Gasteiger partial charge in [0, 0.05) is 36.5 Å². The maximum absolute atomic E-state index is 12.9. The Morgan fingerprint density at radius 3 is 2.53 bits per heavy atom. The molecule has 2 aromatic carbocycles. The zero-order valence-electron chi connectivity index (χ0n) is 16.0. The zero-order valence-corrected chi connectivity index (χ0v) is 16.8. The molecule has 2 amide bonds. The van der Waals surface area contributed by atoms with E-state index in [2.05, 4.69) is 4.90 Å². The number of rotatable bonds is 5. The van der Waals surface area contributed by atoms with Crippen molar-refractivity contribution in [1.82, 2.24) is 4.90 Å². The van der Waals surface area contributed by atoms with E-state index in [1.165, 1.54) is 17.0 Å². The SMILES string of the molecule is O=C1S/C(=C\c2cc([N+](=O)[O-])ccc2N2CCOCC2)C(=O)N1Cc1ccccc1. The highest BCUT2D eigenvalue weighted by Gasteiger charge is 2.35. The van der Waals surface area contributed by atoms with E-state index in [0.717, 1.165) is 23.0 Å². The van der Waals surface area contributed by atoms with Crippen LogP contribution in [0, 0.1) is 10.1 Å². The van der Waals surface area contributed by atoms with Crippen molar-refractivity contribution in [2.45, 2.75) is 6.54 Å². The minimum absolute atomic E-state index is 0.0678. The molecule has 0 N–H and O–H groups in total. The van der Waals surface area contributed by atoms with E-state index < -0.39 is 10.8 Å². The second-order valence-corrected chi connectivity index (χ2v) is 7.85. The smallest absolute Gasteiger partial charge is 0.293 e. The number of carbonyl (C=O) groups is 2. The van der Waals surface area contributed by atoms with Crippen molar-refractivity contribution in [3.63, 3.8) is 0 Å². The number of nitro benzene ring substituents is 1. The van der Waals surface area contributed by atoms with Gasteiger partial charge in [-0.1, -0.05) is 30.3 Å². The fraction of sp³-hybridized carbons (Fsp3) is 0.238. The molecule has 0 radical (unpaired) electrons. The van der Waals surface area contributed by atoms with E-state index in [0.29, 0.717) is 31.9 Å². The van der Waals surface area contributed by atoms with Crippen LogP contribution >= 0.6 is 11.8 Å². The molecule has 2 aromatic rings. The number of non-ortho nitro benzene ring substituents is 1. The molecule has 8 nitrogen and oxygen atoms in total. The summed E-state index contributed by atoms with van der Waals surface area (Å²) in [5.74, 6) is -0.395. The minimum atomic E-state index is -0.471. The van der Waals surface area contributed by atoms with Gasteiger partial charge in [0.15, 0.2) is 0 Å². The molecule has 0 aromatic heterocycles. The number of anilines is 1. The van der Waals surface area contributed by atoms with Crippen LogP contribution in [0.5, 0.6) is 0 Å². The first-order valence-corrected chi connectivity index (χ1v) is 10.2. The van der Waals surface area contributed by atoms with Crippen LogP contribution in [0.1, 0.15) is 11.1 Å². The summed E-state index contributed by atoms with van der Waals surface area (Å²) in [6.07, 6.45) is 1.58. The highest BCUT2D eigenvalue weighted by atomic mass is 32.2. The van der Waals surface area contributed by atoms with E-state index in [-0.39, 0.29) is 22.4 Å². The lowest BCUT2D eigenvalue weighted by atomic mass is 10.1. The van der Waals surface area contributed by atoms with E-state index in [4.69, 9.17) is 4.74 Å². The van der Waals surface area contributed by atoms with Crippen molar-refractivity contribution in [2.75, 3.05) is 31.2 Å². The molecule has 0 atom stereocenters. The third kappa shape index (κ3) is 4.22. The first-order valence-electron chi connectivity index (χ1n) is 9.43. The molecule has 2 heterocycles. The molecule has 9 heteroatoms. The third-order valence-electron chi connectivity index (χ3n) is 4.92. The maximum Gasteiger partial charge on any atom is 0.293 e. The normalized spacial score (nSPS) is 18.3. The van der Waals surface area contributed by atoms with Gasteiger partial charge in [0.05, 0.1) is 29.6 Å². The number of carbonyl (C=O) groups excluding carboxylic acids is 2. The van der Waals surface area contributed by atoms with E-state index in [1.54, 1.807) is 12.1 Å². The fourth-order valence-electron chi connectivity index (χ4n) is 3.41. The summed E-state index contributed by atoms with van der Waals surface area (Å²) in [6.45, 7) is 2.60. The molecule has 2 saturated heterocycles. The molecule has 0 bridgehead atoms. The van der Waals surface area contributed by atoms with Crippen LogP contribution in [0.25, 0.3) is 6.08 Å². The molecule has 4 rings (SSSR count). The van der Waals surface area contributed by atoms with Gasteiger partial charge in [0.25, 0.3) is 16.8 Å². The van der Waals surface area contributed by atoms with Crippen LogP contribution in [0.15, 0.2) is 53.4 Å². The molecule has 154 valence electrons. The highest BCUT2D eigenvalue weighted by molar-refractivity contribution is 8.18. The number of amides is 2. The summed E-state index contributed by atoms with van der Waals surface area (Å²) in [5, 5.41) is 10.9. The lowest BCUT2D eigenvalue weighted by molar-refractivity contribution is -0.384. The van der Waals surface area contributed by atoms with Gasteiger partial charge in [-0.25, -0.2) is 0 Å². The molecule has 0 unspecified atom stereocenters. The van der Waals surface area contributed by atoms with Gasteiger partial charge in [-0.15, -0.1) is 0 Å². The van der Waals surface area contributed by atoms with Crippen molar-refractivity contribution in [1.29, 1.82) is 0 Å². The first kappa shape index (κ1) is 20.1. The van der Waals surface area contributed by atoms with Crippen molar-refractivity contribution < 1.29 is 19.2 Å². The summed E-state index contributed by atoms with van der Waals surface area (Å²) >= 11 is 0.851. The Bertz CT molecular complexity index is 1020. The largest absolute Gasteiger partial charge is 0.378 e. The Morgan fingerprint density at radius 1 is 1.10 bits per heavy atom. The number of nitrogens with zero attached hydrogens (tertiary/aromatic N) is 3. The van der Waals surface area contributed by atoms with Gasteiger partial charge >= 0.3 is 0 Å². The Morgan fingerprint density at radius 2 is 1.83 bits per heavy atom. The standard InChI is InChI=1S/C21H19N3O5S/c25-20-19(30-21(26)23(20)14-15-4-2-1-3-5-15)13-16-12-17(24(27)28)6-7-18(16)22-8-10-29-11-9-22/h1-7,12-13H,8-11,14H2/b19-13-. The number of morpholine rings is 1. The molecule has 2 aliphatic heterocycles. The number of hydrogen-bond donors (Lipinski definition) is 0. The second kappa shape index (κ2) is 8.68. The number of benzene rings is 2. The molecule has 0 aliphatic carbocycles. The monoisotopic (exact) mass is 425 g/mol. The van der Waals surface area contributed by atoms with E-state index in [1.807, 2.05) is 30.3 Å². The summed E-state index contributed by atoms with van der Waals surface area (Å²) in [7, 11) is 0. The lowest BCUT2D eigenvalue weighted by Gasteiger charge is -2.30. The van der Waals surface area contributed by atoms with Crippen molar-refractivity contribution in [3.8, 4) is 0 Å². The second-order valence-electron chi connectivity index (χ2n) is 6.85.